The summed E-state index contributed by atoms with van der Waals surface area (Å²) in [7, 11) is 0. The molecule has 0 amide bonds. The molecular weight excluding hydrogens is 167 g/mol. The number of benzene rings is 1. The lowest BCUT2D eigenvalue weighted by Gasteiger charge is -2.12. The normalized spacial score (nSPS) is 12.6. The molecule has 1 aromatic carbocycles. The lowest BCUT2D eigenvalue weighted by Crippen LogP contribution is -2.09. The highest BCUT2D eigenvalue weighted by atomic mass is 19.1. The monoisotopic (exact) mass is 182 g/mol. The fourth-order valence-electron chi connectivity index (χ4n) is 1.09. The van der Waals surface area contributed by atoms with Gasteiger partial charge in [0.2, 0.25) is 0 Å². The van der Waals surface area contributed by atoms with E-state index in [0.29, 0.717) is 5.75 Å². The Balaban J connectivity index is 2.77. The average molecular weight is 182 g/mol. The van der Waals surface area contributed by atoms with Gasteiger partial charge in [-0.25, -0.2) is 4.39 Å². The highest BCUT2D eigenvalue weighted by Crippen LogP contribution is 2.17. The van der Waals surface area contributed by atoms with Crippen molar-refractivity contribution in [3.05, 3.63) is 29.6 Å². The SMILES string of the molecule is CCC(C)Oc1cc(C)cc(F)c1. The van der Waals surface area contributed by atoms with E-state index < -0.39 is 0 Å². The van der Waals surface area contributed by atoms with Gasteiger partial charge in [0.1, 0.15) is 11.6 Å². The topological polar surface area (TPSA) is 9.23 Å². The predicted molar refractivity (Wildman–Crippen MR) is 51.5 cm³/mol. The van der Waals surface area contributed by atoms with E-state index in [0.717, 1.165) is 12.0 Å². The Morgan fingerprint density at radius 1 is 1.38 bits per heavy atom. The zero-order valence-electron chi connectivity index (χ0n) is 8.30. The molecule has 72 valence electrons. The van der Waals surface area contributed by atoms with Gasteiger partial charge in [0, 0.05) is 6.07 Å². The Labute approximate surface area is 78.5 Å². The first-order chi connectivity index (χ1) is 6.11. The molecule has 0 N–H and O–H groups in total. The molecule has 1 aromatic rings. The first-order valence-corrected chi connectivity index (χ1v) is 4.55. The fourth-order valence-corrected chi connectivity index (χ4v) is 1.09. The minimum Gasteiger partial charge on any atom is -0.491 e. The van der Waals surface area contributed by atoms with Gasteiger partial charge in [0.25, 0.3) is 0 Å². The van der Waals surface area contributed by atoms with Crippen molar-refractivity contribution in [3.8, 4) is 5.75 Å². The molecule has 0 aromatic heterocycles. The summed E-state index contributed by atoms with van der Waals surface area (Å²) in [5, 5.41) is 0. The second-order valence-corrected chi connectivity index (χ2v) is 3.30. The van der Waals surface area contributed by atoms with Crippen LogP contribution in [-0.4, -0.2) is 6.10 Å². The van der Waals surface area contributed by atoms with Gasteiger partial charge in [-0.1, -0.05) is 6.92 Å². The maximum Gasteiger partial charge on any atom is 0.127 e. The number of ether oxygens (including phenoxy) is 1. The quantitative estimate of drug-likeness (QED) is 0.696. The van der Waals surface area contributed by atoms with Crippen LogP contribution in [0.4, 0.5) is 4.39 Å². The van der Waals surface area contributed by atoms with Crippen molar-refractivity contribution in [3.63, 3.8) is 0 Å². The van der Waals surface area contributed by atoms with Gasteiger partial charge in [0.05, 0.1) is 6.10 Å². The van der Waals surface area contributed by atoms with Gasteiger partial charge >= 0.3 is 0 Å². The molecule has 1 atom stereocenters. The van der Waals surface area contributed by atoms with Crippen LogP contribution < -0.4 is 4.74 Å². The van der Waals surface area contributed by atoms with Crippen molar-refractivity contribution in [2.75, 3.05) is 0 Å². The summed E-state index contributed by atoms with van der Waals surface area (Å²) >= 11 is 0. The molecule has 0 spiro atoms. The number of hydrogen-bond donors (Lipinski definition) is 0. The Kier molecular flexibility index (Phi) is 3.29. The smallest absolute Gasteiger partial charge is 0.127 e. The second kappa shape index (κ2) is 4.26. The second-order valence-electron chi connectivity index (χ2n) is 3.30. The predicted octanol–water partition coefficient (Wildman–Crippen LogP) is 3.31. The Morgan fingerprint density at radius 2 is 2.08 bits per heavy atom. The van der Waals surface area contributed by atoms with Crippen molar-refractivity contribution in [1.29, 1.82) is 0 Å². The molecule has 0 heterocycles. The standard InChI is InChI=1S/C11H15FO/c1-4-9(3)13-11-6-8(2)5-10(12)7-11/h5-7,9H,4H2,1-3H3. The molecule has 0 saturated heterocycles. The van der Waals surface area contributed by atoms with Gasteiger partial charge in [-0.3, -0.25) is 0 Å². The lowest BCUT2D eigenvalue weighted by atomic mass is 10.2. The number of hydrogen-bond acceptors (Lipinski definition) is 1. The summed E-state index contributed by atoms with van der Waals surface area (Å²) in [6, 6.07) is 4.75. The fraction of sp³-hybridized carbons (Fsp3) is 0.455. The van der Waals surface area contributed by atoms with Gasteiger partial charge in [-0.2, -0.15) is 0 Å². The zero-order chi connectivity index (χ0) is 9.84. The molecular formula is C11H15FO. The third-order valence-corrected chi connectivity index (χ3v) is 1.93. The Morgan fingerprint density at radius 3 is 2.62 bits per heavy atom. The summed E-state index contributed by atoms with van der Waals surface area (Å²) in [5.41, 5.74) is 0.887. The van der Waals surface area contributed by atoms with E-state index in [1.54, 1.807) is 0 Å². The van der Waals surface area contributed by atoms with E-state index in [-0.39, 0.29) is 11.9 Å². The maximum atomic E-state index is 12.9. The van der Waals surface area contributed by atoms with Crippen LogP contribution in [0.2, 0.25) is 0 Å². The highest BCUT2D eigenvalue weighted by Gasteiger charge is 2.02. The third-order valence-electron chi connectivity index (χ3n) is 1.93. The summed E-state index contributed by atoms with van der Waals surface area (Å²) in [4.78, 5) is 0. The lowest BCUT2D eigenvalue weighted by molar-refractivity contribution is 0.216. The van der Waals surface area contributed by atoms with E-state index in [1.807, 2.05) is 26.8 Å². The van der Waals surface area contributed by atoms with Crippen molar-refractivity contribution in [2.45, 2.75) is 33.3 Å². The van der Waals surface area contributed by atoms with Crippen LogP contribution in [-0.2, 0) is 0 Å². The molecule has 2 heteroatoms. The molecule has 1 nitrogen and oxygen atoms in total. The third kappa shape index (κ3) is 3.05. The highest BCUT2D eigenvalue weighted by molar-refractivity contribution is 5.28. The van der Waals surface area contributed by atoms with Crippen molar-refractivity contribution < 1.29 is 9.13 Å². The molecule has 0 aliphatic rings. The maximum absolute atomic E-state index is 12.9. The largest absolute Gasteiger partial charge is 0.491 e. The van der Waals surface area contributed by atoms with E-state index in [9.17, 15) is 4.39 Å². The molecule has 0 aliphatic heterocycles. The van der Waals surface area contributed by atoms with E-state index in [4.69, 9.17) is 4.74 Å². The number of rotatable bonds is 3. The first kappa shape index (κ1) is 10.0. The van der Waals surface area contributed by atoms with Crippen LogP contribution in [0.15, 0.2) is 18.2 Å². The van der Waals surface area contributed by atoms with Crippen molar-refractivity contribution in [1.82, 2.24) is 0 Å². The van der Waals surface area contributed by atoms with Gasteiger partial charge in [-0.15, -0.1) is 0 Å². The van der Waals surface area contributed by atoms with Crippen molar-refractivity contribution >= 4 is 0 Å². The molecule has 0 saturated carbocycles. The minimum absolute atomic E-state index is 0.140. The van der Waals surface area contributed by atoms with Gasteiger partial charge in [-0.05, 0) is 38.0 Å². The molecule has 0 fully saturated rings. The van der Waals surface area contributed by atoms with Crippen LogP contribution in [0.3, 0.4) is 0 Å². The van der Waals surface area contributed by atoms with Crippen LogP contribution in [0.5, 0.6) is 5.75 Å². The van der Waals surface area contributed by atoms with Gasteiger partial charge < -0.3 is 4.74 Å². The van der Waals surface area contributed by atoms with Gasteiger partial charge in [0.15, 0.2) is 0 Å². The summed E-state index contributed by atoms with van der Waals surface area (Å²) in [6.45, 7) is 5.86. The molecule has 1 unspecified atom stereocenters. The molecule has 0 aliphatic carbocycles. The first-order valence-electron chi connectivity index (χ1n) is 4.55. The van der Waals surface area contributed by atoms with Crippen LogP contribution in [0.25, 0.3) is 0 Å². The van der Waals surface area contributed by atoms with Crippen molar-refractivity contribution in [2.24, 2.45) is 0 Å². The molecule has 0 radical (unpaired) electrons. The molecule has 0 bridgehead atoms. The molecule has 13 heavy (non-hydrogen) atoms. The Hall–Kier alpha value is -1.05. The van der Waals surface area contributed by atoms with Crippen LogP contribution >= 0.6 is 0 Å². The summed E-state index contributed by atoms with van der Waals surface area (Å²) < 4.78 is 18.4. The van der Waals surface area contributed by atoms with E-state index >= 15 is 0 Å². The minimum atomic E-state index is -0.238. The van der Waals surface area contributed by atoms with E-state index in [1.165, 1.54) is 12.1 Å². The summed E-state index contributed by atoms with van der Waals surface area (Å²) in [5.74, 6) is 0.380. The molecule has 1 rings (SSSR count). The zero-order valence-corrected chi connectivity index (χ0v) is 8.30. The van der Waals surface area contributed by atoms with Crippen LogP contribution in [0.1, 0.15) is 25.8 Å². The Bertz CT molecular complexity index is 263. The number of aryl methyl sites for hydroxylation is 1. The van der Waals surface area contributed by atoms with Crippen LogP contribution in [0, 0.1) is 12.7 Å². The average Bonchev–Trinajstić information content (AvgIpc) is 2.02. The summed E-state index contributed by atoms with van der Waals surface area (Å²) in [6.07, 6.45) is 1.07. The number of halogens is 1. The van der Waals surface area contributed by atoms with E-state index in [2.05, 4.69) is 0 Å².